The van der Waals surface area contributed by atoms with Gasteiger partial charge in [0.05, 0.1) is 10.5 Å². The Morgan fingerprint density at radius 1 is 1.16 bits per heavy atom. The molecule has 5 heteroatoms. The van der Waals surface area contributed by atoms with Crippen LogP contribution in [0.5, 0.6) is 0 Å². The van der Waals surface area contributed by atoms with E-state index in [0.29, 0.717) is 10.0 Å². The second-order valence-electron chi connectivity index (χ2n) is 4.24. The summed E-state index contributed by atoms with van der Waals surface area (Å²) in [5.41, 5.74) is 4.86. The molecule has 0 fully saturated rings. The summed E-state index contributed by atoms with van der Waals surface area (Å²) in [6.07, 6.45) is 0. The van der Waals surface area contributed by atoms with Gasteiger partial charge in [0.25, 0.3) is 0 Å². The quantitative estimate of drug-likeness (QED) is 0.668. The summed E-state index contributed by atoms with van der Waals surface area (Å²) in [6, 6.07) is 8.75. The molecule has 0 aliphatic carbocycles. The minimum Gasteiger partial charge on any atom is -0.271 e. The molecule has 3 N–H and O–H groups in total. The van der Waals surface area contributed by atoms with Crippen molar-refractivity contribution in [2.75, 3.05) is 0 Å². The van der Waals surface area contributed by atoms with Crippen molar-refractivity contribution in [1.29, 1.82) is 0 Å². The Balaban J connectivity index is 2.53. The fourth-order valence-electron chi connectivity index (χ4n) is 2.05. The van der Waals surface area contributed by atoms with Crippen molar-refractivity contribution in [3.63, 3.8) is 0 Å². The molecule has 1 unspecified atom stereocenters. The molecule has 0 spiro atoms. The highest BCUT2D eigenvalue weighted by Gasteiger charge is 2.19. The van der Waals surface area contributed by atoms with E-state index < -0.39 is 6.04 Å². The van der Waals surface area contributed by atoms with E-state index in [0.717, 1.165) is 11.1 Å². The Hall–Kier alpha value is -1.30. The number of benzene rings is 2. The summed E-state index contributed by atoms with van der Waals surface area (Å²) in [4.78, 5) is 0. The van der Waals surface area contributed by atoms with Gasteiger partial charge in [-0.15, -0.1) is 0 Å². The van der Waals surface area contributed by atoms with E-state index in [4.69, 9.17) is 5.84 Å². The van der Waals surface area contributed by atoms with E-state index in [1.54, 1.807) is 25.1 Å². The molecule has 0 radical (unpaired) electrons. The van der Waals surface area contributed by atoms with Crippen LogP contribution in [0, 0.1) is 18.6 Å². The molecule has 0 saturated heterocycles. The topological polar surface area (TPSA) is 38.0 Å². The van der Waals surface area contributed by atoms with E-state index in [9.17, 15) is 8.78 Å². The third-order valence-electron chi connectivity index (χ3n) is 3.00. The zero-order valence-corrected chi connectivity index (χ0v) is 11.8. The molecule has 1 atom stereocenters. The maximum atomic E-state index is 13.6. The monoisotopic (exact) mass is 326 g/mol. The predicted molar refractivity (Wildman–Crippen MR) is 74.4 cm³/mol. The van der Waals surface area contributed by atoms with Crippen LogP contribution in [-0.4, -0.2) is 0 Å². The highest BCUT2D eigenvalue weighted by molar-refractivity contribution is 9.10. The third-order valence-corrected chi connectivity index (χ3v) is 3.84. The van der Waals surface area contributed by atoms with Crippen LogP contribution in [0.2, 0.25) is 0 Å². The summed E-state index contributed by atoms with van der Waals surface area (Å²) in [6.45, 7) is 1.79. The Morgan fingerprint density at radius 2 is 1.89 bits per heavy atom. The first kappa shape index (κ1) is 14.1. The normalized spacial score (nSPS) is 12.5. The van der Waals surface area contributed by atoms with Gasteiger partial charge in [-0.25, -0.2) is 14.2 Å². The van der Waals surface area contributed by atoms with Crippen LogP contribution in [-0.2, 0) is 0 Å². The molecular weight excluding hydrogens is 314 g/mol. The van der Waals surface area contributed by atoms with Crippen molar-refractivity contribution < 1.29 is 8.78 Å². The van der Waals surface area contributed by atoms with Gasteiger partial charge in [-0.1, -0.05) is 18.2 Å². The van der Waals surface area contributed by atoms with Gasteiger partial charge < -0.3 is 0 Å². The molecule has 0 saturated carbocycles. The largest absolute Gasteiger partial charge is 0.271 e. The molecule has 0 aromatic heterocycles. The summed E-state index contributed by atoms with van der Waals surface area (Å²) >= 11 is 3.21. The molecular formula is C14H13BrF2N2. The lowest BCUT2D eigenvalue weighted by molar-refractivity contribution is 0.592. The van der Waals surface area contributed by atoms with E-state index >= 15 is 0 Å². The van der Waals surface area contributed by atoms with Crippen LogP contribution in [0.4, 0.5) is 8.78 Å². The zero-order valence-electron chi connectivity index (χ0n) is 10.3. The highest BCUT2D eigenvalue weighted by Crippen LogP contribution is 2.31. The van der Waals surface area contributed by atoms with Crippen molar-refractivity contribution in [3.8, 4) is 0 Å². The molecule has 100 valence electrons. The van der Waals surface area contributed by atoms with Crippen molar-refractivity contribution >= 4 is 15.9 Å². The first-order valence-electron chi connectivity index (χ1n) is 5.70. The van der Waals surface area contributed by atoms with Crippen LogP contribution in [0.3, 0.4) is 0 Å². The minimum atomic E-state index is -0.411. The Labute approximate surface area is 118 Å². The predicted octanol–water partition coefficient (Wildman–Crippen LogP) is 3.59. The number of rotatable bonds is 3. The molecule has 2 aromatic rings. The van der Waals surface area contributed by atoms with Crippen molar-refractivity contribution in [2.45, 2.75) is 13.0 Å². The second kappa shape index (κ2) is 5.77. The first-order chi connectivity index (χ1) is 9.04. The maximum Gasteiger partial charge on any atom is 0.137 e. The SMILES string of the molecule is Cc1cc(F)ccc1C(NN)c1cccc(F)c1Br. The van der Waals surface area contributed by atoms with Crippen molar-refractivity contribution in [2.24, 2.45) is 5.84 Å². The van der Waals surface area contributed by atoms with Crippen molar-refractivity contribution in [3.05, 3.63) is 69.2 Å². The van der Waals surface area contributed by atoms with Gasteiger partial charge in [-0.3, -0.25) is 5.84 Å². The zero-order chi connectivity index (χ0) is 14.0. The van der Waals surface area contributed by atoms with Gasteiger partial charge in [0.2, 0.25) is 0 Å². The van der Waals surface area contributed by atoms with Crippen LogP contribution >= 0.6 is 15.9 Å². The lowest BCUT2D eigenvalue weighted by Crippen LogP contribution is -2.29. The van der Waals surface area contributed by atoms with Gasteiger partial charge in [0, 0.05) is 0 Å². The summed E-state index contributed by atoms with van der Waals surface area (Å²) in [7, 11) is 0. The third kappa shape index (κ3) is 2.83. The van der Waals surface area contributed by atoms with Crippen LogP contribution in [0.25, 0.3) is 0 Å². The van der Waals surface area contributed by atoms with E-state index in [-0.39, 0.29) is 11.6 Å². The molecule has 0 aliphatic heterocycles. The number of nitrogens with two attached hydrogens (primary N) is 1. The maximum absolute atomic E-state index is 13.6. The Kier molecular flexibility index (Phi) is 4.29. The smallest absolute Gasteiger partial charge is 0.137 e. The summed E-state index contributed by atoms with van der Waals surface area (Å²) < 4.78 is 27.1. The van der Waals surface area contributed by atoms with Crippen LogP contribution in [0.15, 0.2) is 40.9 Å². The molecule has 0 amide bonds. The average Bonchev–Trinajstić information content (AvgIpc) is 2.37. The lowest BCUT2D eigenvalue weighted by Gasteiger charge is -2.20. The van der Waals surface area contributed by atoms with Crippen molar-refractivity contribution in [1.82, 2.24) is 5.43 Å². The summed E-state index contributed by atoms with van der Waals surface area (Å²) in [5, 5.41) is 0. The van der Waals surface area contributed by atoms with E-state index in [1.807, 2.05) is 0 Å². The van der Waals surface area contributed by atoms with Crippen LogP contribution < -0.4 is 11.3 Å². The van der Waals surface area contributed by atoms with E-state index in [2.05, 4.69) is 21.4 Å². The molecule has 0 aliphatic rings. The Morgan fingerprint density at radius 3 is 2.53 bits per heavy atom. The fraction of sp³-hybridized carbons (Fsp3) is 0.143. The highest BCUT2D eigenvalue weighted by atomic mass is 79.9. The number of hydrogen-bond acceptors (Lipinski definition) is 2. The van der Waals surface area contributed by atoms with Gasteiger partial charge >= 0.3 is 0 Å². The van der Waals surface area contributed by atoms with Gasteiger partial charge in [-0.05, 0) is 57.7 Å². The van der Waals surface area contributed by atoms with Crippen LogP contribution in [0.1, 0.15) is 22.7 Å². The van der Waals surface area contributed by atoms with Gasteiger partial charge in [0.15, 0.2) is 0 Å². The van der Waals surface area contributed by atoms with E-state index in [1.165, 1.54) is 18.2 Å². The number of halogens is 3. The molecule has 19 heavy (non-hydrogen) atoms. The summed E-state index contributed by atoms with van der Waals surface area (Å²) in [5.74, 6) is 4.90. The first-order valence-corrected chi connectivity index (χ1v) is 6.50. The minimum absolute atomic E-state index is 0.310. The lowest BCUT2D eigenvalue weighted by atomic mass is 9.95. The van der Waals surface area contributed by atoms with Gasteiger partial charge in [0.1, 0.15) is 11.6 Å². The number of hydrazine groups is 1. The van der Waals surface area contributed by atoms with Gasteiger partial charge in [-0.2, -0.15) is 0 Å². The molecule has 2 rings (SSSR count). The molecule has 2 aromatic carbocycles. The number of nitrogens with one attached hydrogen (secondary N) is 1. The Bertz CT molecular complexity index is 602. The molecule has 0 heterocycles. The number of aryl methyl sites for hydroxylation is 1. The fourth-order valence-corrected chi connectivity index (χ4v) is 2.55. The second-order valence-corrected chi connectivity index (χ2v) is 5.04. The molecule has 0 bridgehead atoms. The number of hydrogen-bond donors (Lipinski definition) is 2. The average molecular weight is 327 g/mol. The molecule has 2 nitrogen and oxygen atoms in total. The standard InChI is InChI=1S/C14H13BrF2N2/c1-8-7-9(16)5-6-10(8)14(19-18)11-3-2-4-12(17)13(11)15/h2-7,14,19H,18H2,1H3.